The lowest BCUT2D eigenvalue weighted by molar-refractivity contribution is 1.07. The van der Waals surface area contributed by atoms with E-state index >= 15 is 0 Å². The molecular formula is C57H37N7. The Kier molecular flexibility index (Phi) is 10.1. The lowest BCUT2D eigenvalue weighted by Crippen LogP contribution is -2.00. The molecule has 0 bridgehead atoms. The molecule has 0 aliphatic rings. The second-order valence-corrected chi connectivity index (χ2v) is 15.5. The second-order valence-electron chi connectivity index (χ2n) is 15.5. The van der Waals surface area contributed by atoms with Gasteiger partial charge >= 0.3 is 0 Å². The molecule has 0 fully saturated rings. The van der Waals surface area contributed by atoms with E-state index in [0.717, 1.165) is 72.1 Å². The summed E-state index contributed by atoms with van der Waals surface area (Å²) in [6.45, 7) is 0. The van der Waals surface area contributed by atoms with E-state index in [4.69, 9.17) is 29.9 Å². The van der Waals surface area contributed by atoms with Crippen LogP contribution in [0.25, 0.3) is 112 Å². The van der Waals surface area contributed by atoms with Crippen molar-refractivity contribution >= 4 is 10.8 Å². The summed E-state index contributed by atoms with van der Waals surface area (Å²) >= 11 is 0. The lowest BCUT2D eigenvalue weighted by Gasteiger charge is -2.13. The van der Waals surface area contributed by atoms with Crippen LogP contribution in [0.3, 0.4) is 0 Å². The highest BCUT2D eigenvalue weighted by Gasteiger charge is 2.16. The summed E-state index contributed by atoms with van der Waals surface area (Å²) in [6.07, 6.45) is 3.66. The minimum absolute atomic E-state index is 0.611. The Morgan fingerprint density at radius 1 is 0.188 bits per heavy atom. The normalized spacial score (nSPS) is 11.1. The number of fused-ring (bicyclic) bond motifs is 1. The molecule has 0 aliphatic carbocycles. The molecule has 11 rings (SSSR count). The molecule has 0 radical (unpaired) electrons. The molecule has 0 saturated heterocycles. The van der Waals surface area contributed by atoms with Crippen molar-refractivity contribution in [3.63, 3.8) is 0 Å². The molecule has 64 heavy (non-hydrogen) atoms. The second kappa shape index (κ2) is 16.9. The third-order valence-electron chi connectivity index (χ3n) is 11.3. The molecule has 0 aliphatic heterocycles. The van der Waals surface area contributed by atoms with Crippen molar-refractivity contribution in [1.82, 2.24) is 34.9 Å². The Bertz CT molecular complexity index is 3340. The topological polar surface area (TPSA) is 90.2 Å². The van der Waals surface area contributed by atoms with Crippen LogP contribution in [0, 0.1) is 0 Å². The SMILES string of the molecule is c1ccc(-c2nc(-c3ccccc3)nc(-c3ccc(-c4cc(-c5ccncc5)cc(-c5ccc(-c6nc(-c7ccccc7)nc(-c7ccc8ccccc8c7)n6)cc5)c4)cc3)n2)cc1. The van der Waals surface area contributed by atoms with E-state index in [1.54, 1.807) is 0 Å². The van der Waals surface area contributed by atoms with Crippen molar-refractivity contribution < 1.29 is 0 Å². The minimum atomic E-state index is 0.611. The fraction of sp³-hybridized carbons (Fsp3) is 0. The van der Waals surface area contributed by atoms with Crippen LogP contribution < -0.4 is 0 Å². The zero-order valence-electron chi connectivity index (χ0n) is 34.5. The molecule has 0 N–H and O–H groups in total. The van der Waals surface area contributed by atoms with Gasteiger partial charge in [0.05, 0.1) is 0 Å². The summed E-state index contributed by atoms with van der Waals surface area (Å²) in [5, 5.41) is 2.30. The summed E-state index contributed by atoms with van der Waals surface area (Å²) < 4.78 is 0. The number of hydrogen-bond donors (Lipinski definition) is 0. The number of nitrogens with zero attached hydrogens (tertiary/aromatic N) is 7. The van der Waals surface area contributed by atoms with Crippen molar-refractivity contribution in [3.05, 3.63) is 225 Å². The van der Waals surface area contributed by atoms with Crippen LogP contribution in [0.5, 0.6) is 0 Å². The molecule has 3 heterocycles. The van der Waals surface area contributed by atoms with Gasteiger partial charge in [0.2, 0.25) is 0 Å². The van der Waals surface area contributed by atoms with Gasteiger partial charge in [-0.05, 0) is 80.6 Å². The average Bonchev–Trinajstić information content (AvgIpc) is 3.39. The first kappa shape index (κ1) is 38.1. The molecule has 8 aromatic carbocycles. The average molecular weight is 820 g/mol. The van der Waals surface area contributed by atoms with Gasteiger partial charge in [-0.3, -0.25) is 4.98 Å². The summed E-state index contributed by atoms with van der Waals surface area (Å²) in [6, 6.07) is 72.6. The molecule has 0 unspecified atom stereocenters. The predicted octanol–water partition coefficient (Wildman–Crippen LogP) is 13.6. The molecule has 0 spiro atoms. The van der Waals surface area contributed by atoms with Crippen molar-refractivity contribution in [3.8, 4) is 102 Å². The lowest BCUT2D eigenvalue weighted by atomic mass is 9.93. The van der Waals surface area contributed by atoms with Crippen LogP contribution in [0.15, 0.2) is 225 Å². The van der Waals surface area contributed by atoms with Gasteiger partial charge < -0.3 is 0 Å². The Labute approximate surface area is 370 Å². The first-order valence-electron chi connectivity index (χ1n) is 21.1. The Morgan fingerprint density at radius 3 is 0.891 bits per heavy atom. The van der Waals surface area contributed by atoms with E-state index in [0.29, 0.717) is 34.9 Å². The monoisotopic (exact) mass is 819 g/mol. The van der Waals surface area contributed by atoms with Gasteiger partial charge in [0.15, 0.2) is 34.9 Å². The van der Waals surface area contributed by atoms with Gasteiger partial charge in [-0.25, -0.2) is 29.9 Å². The first-order valence-corrected chi connectivity index (χ1v) is 21.1. The minimum Gasteiger partial charge on any atom is -0.265 e. The highest BCUT2D eigenvalue weighted by atomic mass is 15.0. The zero-order valence-corrected chi connectivity index (χ0v) is 34.5. The van der Waals surface area contributed by atoms with E-state index in [1.807, 2.05) is 116 Å². The van der Waals surface area contributed by atoms with Crippen molar-refractivity contribution in [2.24, 2.45) is 0 Å². The van der Waals surface area contributed by atoms with Crippen LogP contribution >= 0.6 is 0 Å². The highest BCUT2D eigenvalue weighted by molar-refractivity contribution is 5.87. The van der Waals surface area contributed by atoms with Gasteiger partial charge in [0, 0.05) is 45.8 Å². The predicted molar refractivity (Wildman–Crippen MR) is 257 cm³/mol. The number of aromatic nitrogens is 7. The number of hydrogen-bond acceptors (Lipinski definition) is 7. The van der Waals surface area contributed by atoms with Gasteiger partial charge in [-0.1, -0.05) is 176 Å². The third-order valence-corrected chi connectivity index (χ3v) is 11.3. The molecule has 3 aromatic heterocycles. The molecular weight excluding hydrogens is 783 g/mol. The van der Waals surface area contributed by atoms with E-state index < -0.39 is 0 Å². The van der Waals surface area contributed by atoms with Crippen LogP contribution in [0.2, 0.25) is 0 Å². The van der Waals surface area contributed by atoms with E-state index in [-0.39, 0.29) is 0 Å². The molecule has 300 valence electrons. The summed E-state index contributed by atoms with van der Waals surface area (Å²) in [4.78, 5) is 34.1. The van der Waals surface area contributed by atoms with Crippen molar-refractivity contribution in [2.75, 3.05) is 0 Å². The number of benzene rings is 8. The number of pyridine rings is 1. The first-order chi connectivity index (χ1) is 31.7. The van der Waals surface area contributed by atoms with Gasteiger partial charge in [0.25, 0.3) is 0 Å². The maximum Gasteiger partial charge on any atom is 0.164 e. The van der Waals surface area contributed by atoms with Crippen LogP contribution in [-0.2, 0) is 0 Å². The summed E-state index contributed by atoms with van der Waals surface area (Å²) in [7, 11) is 0. The van der Waals surface area contributed by atoms with E-state index in [9.17, 15) is 0 Å². The molecule has 0 amide bonds. The summed E-state index contributed by atoms with van der Waals surface area (Å²) in [5.41, 5.74) is 12.0. The molecule has 7 heteroatoms. The van der Waals surface area contributed by atoms with E-state index in [2.05, 4.69) is 114 Å². The Hall–Kier alpha value is -8.81. The van der Waals surface area contributed by atoms with E-state index in [1.165, 1.54) is 5.39 Å². The molecule has 0 atom stereocenters. The smallest absolute Gasteiger partial charge is 0.164 e. The van der Waals surface area contributed by atoms with Crippen molar-refractivity contribution in [2.45, 2.75) is 0 Å². The van der Waals surface area contributed by atoms with Crippen LogP contribution in [0.1, 0.15) is 0 Å². The molecule has 0 saturated carbocycles. The Morgan fingerprint density at radius 2 is 0.484 bits per heavy atom. The molecule has 11 aromatic rings. The highest BCUT2D eigenvalue weighted by Crippen LogP contribution is 2.35. The van der Waals surface area contributed by atoms with Crippen molar-refractivity contribution in [1.29, 1.82) is 0 Å². The maximum absolute atomic E-state index is 5.04. The summed E-state index contributed by atoms with van der Waals surface area (Å²) in [5.74, 6) is 3.74. The fourth-order valence-corrected chi connectivity index (χ4v) is 7.91. The largest absolute Gasteiger partial charge is 0.265 e. The van der Waals surface area contributed by atoms with Gasteiger partial charge in [0.1, 0.15) is 0 Å². The third kappa shape index (κ3) is 7.93. The zero-order chi connectivity index (χ0) is 42.7. The quantitative estimate of drug-likeness (QED) is 0.143. The number of rotatable bonds is 9. The molecule has 7 nitrogen and oxygen atoms in total. The standard InChI is InChI=1S/C57H37N7/c1-4-13-42(14-5-1)52-59-53(43-15-6-2-7-16-43)61-55(60-52)45-25-20-39(21-26-45)49-35-50(37-51(36-49)41-30-32-58-33-31-41)40-22-27-46(28-23-40)56-62-54(44-17-8-3-9-18-44)63-57(64-56)48-29-24-38-12-10-11-19-47(38)34-48/h1-37H. The van der Waals surface area contributed by atoms with Gasteiger partial charge in [-0.15, -0.1) is 0 Å². The van der Waals surface area contributed by atoms with Crippen LogP contribution in [-0.4, -0.2) is 34.9 Å². The maximum atomic E-state index is 5.04. The fourth-order valence-electron chi connectivity index (χ4n) is 7.91. The Balaban J connectivity index is 0.957. The van der Waals surface area contributed by atoms with Gasteiger partial charge in [-0.2, -0.15) is 0 Å². The van der Waals surface area contributed by atoms with Crippen LogP contribution in [0.4, 0.5) is 0 Å².